The molecule has 0 saturated carbocycles. The molecule has 0 heterocycles. The van der Waals surface area contributed by atoms with Crippen LogP contribution >= 0.6 is 0 Å². The molecule has 0 bridgehead atoms. The second-order valence-corrected chi connectivity index (χ2v) is 4.17. The van der Waals surface area contributed by atoms with Crippen molar-refractivity contribution < 1.29 is 14.3 Å². The Morgan fingerprint density at radius 3 is 2.29 bits per heavy atom. The summed E-state index contributed by atoms with van der Waals surface area (Å²) in [5.74, 6) is -0.411. The lowest BCUT2D eigenvalue weighted by atomic mass is 9.95. The molecule has 0 rings (SSSR count). The normalized spacial score (nSPS) is 13.3. The predicted octanol–water partition coefficient (Wildman–Crippen LogP) is 3.28. The maximum atomic E-state index is 11.6. The van der Waals surface area contributed by atoms with Gasteiger partial charge in [0.25, 0.3) is 0 Å². The van der Waals surface area contributed by atoms with E-state index in [9.17, 15) is 9.59 Å². The first-order valence-corrected chi connectivity index (χ1v) is 6.46. The van der Waals surface area contributed by atoms with Gasteiger partial charge in [0.15, 0.2) is 5.78 Å². The maximum absolute atomic E-state index is 11.6. The summed E-state index contributed by atoms with van der Waals surface area (Å²) in [6, 6.07) is 0. The first-order chi connectivity index (χ1) is 8.06. The van der Waals surface area contributed by atoms with E-state index in [-0.39, 0.29) is 11.4 Å². The van der Waals surface area contributed by atoms with Crippen LogP contribution < -0.4 is 0 Å². The summed E-state index contributed by atoms with van der Waals surface area (Å²) in [6.45, 7) is 7.65. The Bertz CT molecular complexity index is 279. The third kappa shape index (κ3) is 6.25. The Morgan fingerprint density at radius 1 is 1.24 bits per heavy atom. The van der Waals surface area contributed by atoms with Crippen LogP contribution in [0.4, 0.5) is 0 Å². The molecule has 17 heavy (non-hydrogen) atoms. The highest BCUT2D eigenvalue weighted by Gasteiger charge is 2.17. The van der Waals surface area contributed by atoms with Crippen LogP contribution in [0, 0.1) is 5.92 Å². The molecule has 3 heteroatoms. The van der Waals surface area contributed by atoms with E-state index in [1.165, 1.54) is 6.92 Å². The number of esters is 1. The third-order valence-corrected chi connectivity index (χ3v) is 2.73. The molecule has 0 saturated heterocycles. The molecule has 0 aliphatic heterocycles. The number of hydrogen-bond donors (Lipinski definition) is 0. The fourth-order valence-corrected chi connectivity index (χ4v) is 1.65. The second kappa shape index (κ2) is 8.97. The fraction of sp³-hybridized carbons (Fsp3) is 0.714. The van der Waals surface area contributed by atoms with Gasteiger partial charge in [-0.05, 0) is 32.6 Å². The molecule has 0 fully saturated rings. The molecular formula is C14H24O3. The minimum Gasteiger partial charge on any atom is -0.462 e. The van der Waals surface area contributed by atoms with Crippen molar-refractivity contribution in [3.05, 3.63) is 11.6 Å². The van der Waals surface area contributed by atoms with Gasteiger partial charge in [0, 0.05) is 0 Å². The second-order valence-electron chi connectivity index (χ2n) is 4.17. The number of Topliss-reactive ketones (excluding diaryl/α,β-unsaturated/α-hetero) is 1. The molecule has 0 aromatic carbocycles. The molecule has 0 aromatic heterocycles. The lowest BCUT2D eigenvalue weighted by Gasteiger charge is -2.11. The molecular weight excluding hydrogens is 216 g/mol. The fourth-order valence-electron chi connectivity index (χ4n) is 1.65. The zero-order valence-electron chi connectivity index (χ0n) is 11.4. The van der Waals surface area contributed by atoms with Crippen LogP contribution in [0.1, 0.15) is 53.4 Å². The Morgan fingerprint density at radius 2 is 1.88 bits per heavy atom. The van der Waals surface area contributed by atoms with Crippen LogP contribution in [-0.4, -0.2) is 18.4 Å². The molecule has 0 unspecified atom stereocenters. The number of allylic oxidation sites excluding steroid dienone is 1. The molecule has 98 valence electrons. The SMILES string of the molecule is CCCC[C@@H](/C=C(\C(C)=O)C(=O)OCC)CC. The van der Waals surface area contributed by atoms with Gasteiger partial charge in [-0.3, -0.25) is 4.79 Å². The summed E-state index contributed by atoms with van der Waals surface area (Å²) >= 11 is 0. The van der Waals surface area contributed by atoms with E-state index < -0.39 is 5.97 Å². The van der Waals surface area contributed by atoms with E-state index in [1.54, 1.807) is 13.0 Å². The summed E-state index contributed by atoms with van der Waals surface area (Å²) < 4.78 is 4.89. The van der Waals surface area contributed by atoms with Crippen molar-refractivity contribution in [1.82, 2.24) is 0 Å². The van der Waals surface area contributed by atoms with E-state index in [2.05, 4.69) is 13.8 Å². The van der Waals surface area contributed by atoms with E-state index in [0.29, 0.717) is 12.5 Å². The van der Waals surface area contributed by atoms with Gasteiger partial charge in [0.1, 0.15) is 0 Å². The van der Waals surface area contributed by atoms with Crippen molar-refractivity contribution in [2.24, 2.45) is 5.92 Å². The van der Waals surface area contributed by atoms with Crippen LogP contribution in [0.5, 0.6) is 0 Å². The maximum Gasteiger partial charge on any atom is 0.341 e. The highest BCUT2D eigenvalue weighted by molar-refractivity contribution is 6.16. The van der Waals surface area contributed by atoms with Crippen LogP contribution in [0.25, 0.3) is 0 Å². The third-order valence-electron chi connectivity index (χ3n) is 2.73. The highest BCUT2D eigenvalue weighted by Crippen LogP contribution is 2.17. The van der Waals surface area contributed by atoms with Crippen molar-refractivity contribution >= 4 is 11.8 Å². The Kier molecular flexibility index (Phi) is 8.38. The summed E-state index contributed by atoms with van der Waals surface area (Å²) in [7, 11) is 0. The number of ketones is 1. The molecule has 0 aromatic rings. The molecule has 0 spiro atoms. The number of unbranched alkanes of at least 4 members (excludes halogenated alkanes) is 1. The van der Waals surface area contributed by atoms with Gasteiger partial charge < -0.3 is 4.74 Å². The summed E-state index contributed by atoms with van der Waals surface area (Å²) in [5, 5.41) is 0. The van der Waals surface area contributed by atoms with Crippen molar-refractivity contribution in [1.29, 1.82) is 0 Å². The summed E-state index contributed by atoms with van der Waals surface area (Å²) in [4.78, 5) is 23.0. The number of carbonyl (C=O) groups is 2. The minimum absolute atomic E-state index is 0.204. The van der Waals surface area contributed by atoms with E-state index in [1.807, 2.05) is 0 Å². The molecule has 3 nitrogen and oxygen atoms in total. The van der Waals surface area contributed by atoms with E-state index in [4.69, 9.17) is 4.74 Å². The van der Waals surface area contributed by atoms with Crippen LogP contribution in [0.15, 0.2) is 11.6 Å². The lowest BCUT2D eigenvalue weighted by Crippen LogP contribution is -2.15. The highest BCUT2D eigenvalue weighted by atomic mass is 16.5. The predicted molar refractivity (Wildman–Crippen MR) is 68.7 cm³/mol. The van der Waals surface area contributed by atoms with Crippen molar-refractivity contribution in [3.8, 4) is 0 Å². The van der Waals surface area contributed by atoms with Crippen LogP contribution in [-0.2, 0) is 14.3 Å². The summed E-state index contributed by atoms with van der Waals surface area (Å²) in [5.41, 5.74) is 0.204. The molecule has 0 aliphatic carbocycles. The first-order valence-electron chi connectivity index (χ1n) is 6.46. The van der Waals surface area contributed by atoms with Gasteiger partial charge in [-0.25, -0.2) is 4.79 Å². The van der Waals surface area contributed by atoms with Gasteiger partial charge in [-0.2, -0.15) is 0 Å². The monoisotopic (exact) mass is 240 g/mol. The van der Waals surface area contributed by atoms with Gasteiger partial charge in [-0.15, -0.1) is 0 Å². The number of rotatable bonds is 8. The zero-order valence-corrected chi connectivity index (χ0v) is 11.4. The summed E-state index contributed by atoms with van der Waals surface area (Å²) in [6.07, 6.45) is 5.98. The minimum atomic E-state index is -0.491. The molecule has 0 N–H and O–H groups in total. The molecule has 0 aliphatic rings. The molecule has 0 amide bonds. The van der Waals surface area contributed by atoms with Crippen molar-refractivity contribution in [3.63, 3.8) is 0 Å². The Labute approximate surface area is 104 Å². The van der Waals surface area contributed by atoms with Crippen LogP contribution in [0.3, 0.4) is 0 Å². The zero-order chi connectivity index (χ0) is 13.3. The average molecular weight is 240 g/mol. The molecule has 1 atom stereocenters. The standard InChI is InChI=1S/C14H24O3/c1-5-8-9-12(6-2)10-13(11(4)15)14(16)17-7-3/h10,12H,5-9H2,1-4H3/b13-10+/t12-/m0/s1. The van der Waals surface area contributed by atoms with Crippen LogP contribution in [0.2, 0.25) is 0 Å². The molecule has 0 radical (unpaired) electrons. The Balaban J connectivity index is 4.75. The smallest absolute Gasteiger partial charge is 0.341 e. The van der Waals surface area contributed by atoms with Gasteiger partial charge in [0.2, 0.25) is 0 Å². The first kappa shape index (κ1) is 15.9. The Hall–Kier alpha value is -1.12. The van der Waals surface area contributed by atoms with E-state index >= 15 is 0 Å². The topological polar surface area (TPSA) is 43.4 Å². The largest absolute Gasteiger partial charge is 0.462 e. The van der Waals surface area contributed by atoms with Crippen molar-refractivity contribution in [2.75, 3.05) is 6.61 Å². The van der Waals surface area contributed by atoms with Gasteiger partial charge >= 0.3 is 5.97 Å². The number of ether oxygens (including phenoxy) is 1. The number of hydrogen-bond acceptors (Lipinski definition) is 3. The van der Waals surface area contributed by atoms with Gasteiger partial charge in [0.05, 0.1) is 12.2 Å². The van der Waals surface area contributed by atoms with Gasteiger partial charge in [-0.1, -0.05) is 32.8 Å². The van der Waals surface area contributed by atoms with Crippen molar-refractivity contribution in [2.45, 2.75) is 53.4 Å². The number of carbonyl (C=O) groups excluding carboxylic acids is 2. The lowest BCUT2D eigenvalue weighted by molar-refractivity contribution is -0.139. The quantitative estimate of drug-likeness (QED) is 0.283. The van der Waals surface area contributed by atoms with E-state index in [0.717, 1.165) is 25.7 Å². The average Bonchev–Trinajstić information content (AvgIpc) is 2.29.